The summed E-state index contributed by atoms with van der Waals surface area (Å²) < 4.78 is 1.11. The summed E-state index contributed by atoms with van der Waals surface area (Å²) in [6, 6.07) is 11.8. The van der Waals surface area contributed by atoms with Crippen LogP contribution in [0.1, 0.15) is 43.0 Å². The van der Waals surface area contributed by atoms with E-state index < -0.39 is 5.92 Å². The molecule has 2 aliphatic rings. The number of carbonyl (C=O) groups excluding carboxylic acids is 1. The van der Waals surface area contributed by atoms with Gasteiger partial charge >= 0.3 is 0 Å². The van der Waals surface area contributed by atoms with Gasteiger partial charge < -0.3 is 5.73 Å². The smallest absolute Gasteiger partial charge is 0.162 e. The first kappa shape index (κ1) is 22.0. The number of nitrogens with two attached hydrogens (primary N) is 1. The maximum atomic E-state index is 13.6. The van der Waals surface area contributed by atoms with Gasteiger partial charge in [-0.15, -0.1) is 23.1 Å². The van der Waals surface area contributed by atoms with E-state index in [1.807, 2.05) is 29.4 Å². The molecule has 0 radical (unpaired) electrons. The molecule has 2 heterocycles. The van der Waals surface area contributed by atoms with Gasteiger partial charge in [0.1, 0.15) is 5.82 Å². The average Bonchev–Trinajstić information content (AvgIpc) is 3.06. The number of thiophene rings is 1. The van der Waals surface area contributed by atoms with Crippen LogP contribution >= 0.6 is 34.7 Å². The Hall–Kier alpha value is -2.20. The van der Waals surface area contributed by atoms with E-state index >= 15 is 0 Å². The molecule has 31 heavy (non-hydrogen) atoms. The number of Topliss-reactive ketones (excluding diaryl/α,β-unsaturated/α-hetero) is 1. The summed E-state index contributed by atoms with van der Waals surface area (Å²) in [5.41, 5.74) is 10.2. The van der Waals surface area contributed by atoms with Crippen LogP contribution in [-0.2, 0) is 4.79 Å². The molecule has 0 spiro atoms. The SMILES string of the molecule is CSc1sc(C)cc1[C@H]1C(C#N)=C(N)N(c2cccc(Cl)c2)C2=C1C(=O)CC(C)(C)C2. The minimum Gasteiger partial charge on any atom is -0.384 e. The van der Waals surface area contributed by atoms with Crippen molar-refractivity contribution in [2.75, 3.05) is 11.2 Å². The van der Waals surface area contributed by atoms with E-state index in [1.54, 1.807) is 29.2 Å². The van der Waals surface area contributed by atoms with Crippen LogP contribution in [0.25, 0.3) is 0 Å². The summed E-state index contributed by atoms with van der Waals surface area (Å²) >= 11 is 9.61. The molecule has 0 saturated carbocycles. The van der Waals surface area contributed by atoms with Gasteiger partial charge in [-0.1, -0.05) is 31.5 Å². The van der Waals surface area contributed by atoms with Crippen LogP contribution in [0, 0.1) is 23.7 Å². The molecule has 0 saturated heterocycles. The lowest BCUT2D eigenvalue weighted by molar-refractivity contribution is -0.118. The third-order valence-electron chi connectivity index (χ3n) is 5.79. The third-order valence-corrected chi connectivity index (χ3v) is 8.24. The van der Waals surface area contributed by atoms with Gasteiger partial charge in [0.15, 0.2) is 5.78 Å². The standard InChI is InChI=1S/C24H24ClN3OS2/c1-13-8-16(23(30-4)31-13)20-17(12-26)22(27)28(15-7-5-6-14(25)9-15)18-10-24(2,3)11-19(29)21(18)20/h5-9,20H,10-11,27H2,1-4H3/t20-/m0/s1. The Morgan fingerprint density at radius 3 is 2.71 bits per heavy atom. The Morgan fingerprint density at radius 2 is 2.06 bits per heavy atom. The number of rotatable bonds is 3. The average molecular weight is 470 g/mol. The van der Waals surface area contributed by atoms with E-state index in [2.05, 4.69) is 32.9 Å². The van der Waals surface area contributed by atoms with E-state index in [4.69, 9.17) is 17.3 Å². The van der Waals surface area contributed by atoms with E-state index in [0.717, 1.165) is 26.0 Å². The Balaban J connectivity index is 2.03. The van der Waals surface area contributed by atoms with Crippen LogP contribution in [-0.4, -0.2) is 12.0 Å². The quantitative estimate of drug-likeness (QED) is 0.528. The summed E-state index contributed by atoms with van der Waals surface area (Å²) in [5, 5.41) is 10.8. The number of aryl methyl sites for hydroxylation is 1. The number of ketones is 1. The number of hydrogen-bond acceptors (Lipinski definition) is 6. The van der Waals surface area contributed by atoms with E-state index in [0.29, 0.717) is 34.8 Å². The minimum atomic E-state index is -0.438. The molecule has 4 rings (SSSR count). The Kier molecular flexibility index (Phi) is 5.72. The number of benzene rings is 1. The molecule has 4 nitrogen and oxygen atoms in total. The van der Waals surface area contributed by atoms with Crippen molar-refractivity contribution in [3.8, 4) is 6.07 Å². The van der Waals surface area contributed by atoms with E-state index in [-0.39, 0.29) is 11.2 Å². The van der Waals surface area contributed by atoms with Crippen LogP contribution in [0.15, 0.2) is 57.2 Å². The lowest BCUT2D eigenvalue weighted by Gasteiger charge is -2.43. The molecule has 1 atom stereocenters. The second-order valence-electron chi connectivity index (χ2n) is 8.76. The molecule has 2 N–H and O–H groups in total. The predicted octanol–water partition coefficient (Wildman–Crippen LogP) is 6.37. The fraction of sp³-hybridized carbons (Fsp3) is 0.333. The number of hydrogen-bond donors (Lipinski definition) is 1. The Labute approximate surface area is 196 Å². The maximum Gasteiger partial charge on any atom is 0.162 e. The number of anilines is 1. The van der Waals surface area contributed by atoms with Gasteiger partial charge in [-0.2, -0.15) is 5.26 Å². The summed E-state index contributed by atoms with van der Waals surface area (Å²) in [5.74, 6) is 0.0146. The van der Waals surface area contributed by atoms with Gasteiger partial charge in [-0.3, -0.25) is 9.69 Å². The minimum absolute atomic E-state index is 0.0828. The van der Waals surface area contributed by atoms with Crippen molar-refractivity contribution in [3.05, 3.63) is 68.5 Å². The van der Waals surface area contributed by atoms with Crippen molar-refractivity contribution in [1.29, 1.82) is 5.26 Å². The molecule has 1 aliphatic carbocycles. The zero-order valence-corrected chi connectivity index (χ0v) is 20.3. The molecule has 0 bridgehead atoms. The second-order valence-corrected chi connectivity index (χ2v) is 11.5. The largest absolute Gasteiger partial charge is 0.384 e. The van der Waals surface area contributed by atoms with Gasteiger partial charge in [0.2, 0.25) is 0 Å². The molecule has 1 aromatic heterocycles. The monoisotopic (exact) mass is 469 g/mol. The van der Waals surface area contributed by atoms with Gasteiger partial charge in [0, 0.05) is 33.3 Å². The van der Waals surface area contributed by atoms with Crippen molar-refractivity contribution in [2.45, 2.75) is 43.7 Å². The number of carbonyl (C=O) groups is 1. The topological polar surface area (TPSA) is 70.1 Å². The highest BCUT2D eigenvalue weighted by molar-refractivity contribution is 8.00. The van der Waals surface area contributed by atoms with Crippen molar-refractivity contribution in [1.82, 2.24) is 0 Å². The first-order valence-corrected chi connectivity index (χ1v) is 12.4. The lowest BCUT2D eigenvalue weighted by atomic mass is 9.69. The first-order chi connectivity index (χ1) is 14.7. The molecule has 0 amide bonds. The van der Waals surface area contributed by atoms with Crippen LogP contribution in [0.2, 0.25) is 5.02 Å². The number of thioether (sulfide) groups is 1. The van der Waals surface area contributed by atoms with Crippen LogP contribution < -0.4 is 10.6 Å². The molecule has 160 valence electrons. The van der Waals surface area contributed by atoms with Crippen LogP contribution in [0.5, 0.6) is 0 Å². The molecule has 1 aromatic carbocycles. The summed E-state index contributed by atoms with van der Waals surface area (Å²) in [4.78, 5) is 16.6. The summed E-state index contributed by atoms with van der Waals surface area (Å²) in [6.45, 7) is 6.25. The molecule has 7 heteroatoms. The van der Waals surface area contributed by atoms with Crippen molar-refractivity contribution >= 4 is 46.2 Å². The highest BCUT2D eigenvalue weighted by atomic mass is 35.5. The highest BCUT2D eigenvalue weighted by Crippen LogP contribution is 2.52. The second kappa shape index (κ2) is 8.05. The van der Waals surface area contributed by atoms with Gasteiger partial charge in [-0.05, 0) is 54.8 Å². The molecule has 2 aromatic rings. The van der Waals surface area contributed by atoms with Crippen LogP contribution in [0.3, 0.4) is 0 Å². The summed E-state index contributed by atoms with van der Waals surface area (Å²) in [6.07, 6.45) is 3.16. The van der Waals surface area contributed by atoms with E-state index in [9.17, 15) is 10.1 Å². The van der Waals surface area contributed by atoms with Gasteiger partial charge in [-0.25, -0.2) is 0 Å². The van der Waals surface area contributed by atoms with Crippen molar-refractivity contribution in [2.24, 2.45) is 11.1 Å². The zero-order valence-electron chi connectivity index (χ0n) is 18.0. The zero-order chi connectivity index (χ0) is 22.5. The number of nitriles is 1. The van der Waals surface area contributed by atoms with Gasteiger partial charge in [0.05, 0.1) is 21.8 Å². The molecule has 0 fully saturated rings. The predicted molar refractivity (Wildman–Crippen MR) is 129 cm³/mol. The normalized spacial score (nSPS) is 20.7. The Bertz CT molecular complexity index is 1190. The number of nitrogens with zero attached hydrogens (tertiary/aromatic N) is 2. The fourth-order valence-electron chi connectivity index (χ4n) is 4.60. The third kappa shape index (κ3) is 3.80. The molecule has 0 unspecified atom stereocenters. The molecule has 1 aliphatic heterocycles. The Morgan fingerprint density at radius 1 is 1.32 bits per heavy atom. The number of allylic oxidation sites excluding steroid dienone is 3. The summed E-state index contributed by atoms with van der Waals surface area (Å²) in [7, 11) is 0. The van der Waals surface area contributed by atoms with Crippen molar-refractivity contribution < 1.29 is 4.79 Å². The number of halogens is 1. The first-order valence-electron chi connectivity index (χ1n) is 10.0. The lowest BCUT2D eigenvalue weighted by Crippen LogP contribution is -2.42. The van der Waals surface area contributed by atoms with Crippen molar-refractivity contribution in [3.63, 3.8) is 0 Å². The van der Waals surface area contributed by atoms with Crippen LogP contribution in [0.4, 0.5) is 5.69 Å². The molecular weight excluding hydrogens is 446 g/mol. The maximum absolute atomic E-state index is 13.6. The fourth-order valence-corrected chi connectivity index (χ4v) is 6.70. The van der Waals surface area contributed by atoms with Gasteiger partial charge in [0.25, 0.3) is 0 Å². The molecular formula is C24H24ClN3OS2. The highest BCUT2D eigenvalue weighted by Gasteiger charge is 2.45. The van der Waals surface area contributed by atoms with E-state index in [1.165, 1.54) is 0 Å².